The van der Waals surface area contributed by atoms with Gasteiger partial charge in [0.05, 0.1) is 26.0 Å². The lowest BCUT2D eigenvalue weighted by molar-refractivity contribution is -0.137. The van der Waals surface area contributed by atoms with Gasteiger partial charge in [0, 0.05) is 38.9 Å². The van der Waals surface area contributed by atoms with Crippen LogP contribution < -0.4 is 9.47 Å². The summed E-state index contributed by atoms with van der Waals surface area (Å²) in [5.41, 5.74) is 2.21. The summed E-state index contributed by atoms with van der Waals surface area (Å²) in [7, 11) is 6.86. The number of nitrogens with zero attached hydrogens (tertiary/aromatic N) is 4. The van der Waals surface area contributed by atoms with Crippen molar-refractivity contribution in [2.24, 2.45) is 0 Å². The van der Waals surface area contributed by atoms with Crippen molar-refractivity contribution < 1.29 is 19.1 Å². The number of hydrogen-bond acceptors (Lipinski definition) is 6. The fourth-order valence-electron chi connectivity index (χ4n) is 3.65. The van der Waals surface area contributed by atoms with Crippen LogP contribution in [0.1, 0.15) is 21.6 Å². The summed E-state index contributed by atoms with van der Waals surface area (Å²) in [6.45, 7) is 3.79. The summed E-state index contributed by atoms with van der Waals surface area (Å²) in [6.07, 6.45) is 1.54. The molecule has 1 aliphatic rings. The van der Waals surface area contributed by atoms with Crippen molar-refractivity contribution in [2.45, 2.75) is 19.5 Å². The topological polar surface area (TPSA) is 91.0 Å². The number of aromatic amines is 1. The van der Waals surface area contributed by atoms with Crippen LogP contribution in [0.15, 0.2) is 24.4 Å². The first-order valence-electron chi connectivity index (χ1n) is 9.81. The number of piperazine rings is 1. The number of rotatable bonds is 6. The highest BCUT2D eigenvalue weighted by molar-refractivity contribution is 5.95. The Morgan fingerprint density at radius 1 is 1.23 bits per heavy atom. The molecule has 0 spiro atoms. The summed E-state index contributed by atoms with van der Waals surface area (Å²) >= 11 is 0. The van der Waals surface area contributed by atoms with Gasteiger partial charge in [-0.3, -0.25) is 19.6 Å². The molecule has 1 aromatic carbocycles. The van der Waals surface area contributed by atoms with Crippen LogP contribution in [0, 0.1) is 6.92 Å². The number of nitrogens with one attached hydrogen (secondary N) is 1. The molecule has 162 valence electrons. The number of likely N-dealkylation sites (N-methyl/N-ethyl adjacent to an activating group) is 2. The normalized spacial score (nSPS) is 17.0. The Labute approximate surface area is 176 Å². The standard InChI is InChI=1S/C21H29N5O4/c1-14-16(11-22-23-14)20(27)26-9-8-24(2)17(13-26)21(28)25(3)12-15-6-7-18(29-4)19(10-15)30-5/h6-7,10-11,17H,8-9,12-13H2,1-5H3,(H,22,23). The molecule has 1 N–H and O–H groups in total. The van der Waals surface area contributed by atoms with E-state index in [-0.39, 0.29) is 11.8 Å². The van der Waals surface area contributed by atoms with E-state index in [2.05, 4.69) is 10.2 Å². The Hall–Kier alpha value is -3.07. The third-order valence-electron chi connectivity index (χ3n) is 5.52. The Morgan fingerprint density at radius 3 is 2.60 bits per heavy atom. The lowest BCUT2D eigenvalue weighted by Crippen LogP contribution is -2.58. The van der Waals surface area contributed by atoms with E-state index in [0.29, 0.717) is 43.2 Å². The van der Waals surface area contributed by atoms with Crippen LogP contribution in [0.2, 0.25) is 0 Å². The summed E-state index contributed by atoms with van der Waals surface area (Å²) < 4.78 is 10.6. The van der Waals surface area contributed by atoms with E-state index in [1.165, 1.54) is 6.20 Å². The van der Waals surface area contributed by atoms with Gasteiger partial charge in [-0.05, 0) is 31.7 Å². The first-order valence-corrected chi connectivity index (χ1v) is 9.81. The zero-order valence-electron chi connectivity index (χ0n) is 18.1. The largest absolute Gasteiger partial charge is 0.493 e. The van der Waals surface area contributed by atoms with Crippen molar-refractivity contribution in [3.05, 3.63) is 41.2 Å². The lowest BCUT2D eigenvalue weighted by atomic mass is 10.1. The molecular formula is C21H29N5O4. The van der Waals surface area contributed by atoms with Crippen molar-refractivity contribution in [1.82, 2.24) is 24.9 Å². The molecule has 9 nitrogen and oxygen atoms in total. The molecule has 0 aliphatic carbocycles. The van der Waals surface area contributed by atoms with Crippen LogP contribution >= 0.6 is 0 Å². The molecular weight excluding hydrogens is 386 g/mol. The fourth-order valence-corrected chi connectivity index (χ4v) is 3.65. The van der Waals surface area contributed by atoms with Crippen LogP contribution in [-0.4, -0.2) is 90.7 Å². The molecule has 1 atom stereocenters. The molecule has 2 heterocycles. The maximum absolute atomic E-state index is 13.2. The Morgan fingerprint density at radius 2 is 1.97 bits per heavy atom. The van der Waals surface area contributed by atoms with E-state index >= 15 is 0 Å². The molecule has 30 heavy (non-hydrogen) atoms. The molecule has 9 heteroatoms. The van der Waals surface area contributed by atoms with Crippen molar-refractivity contribution in [2.75, 3.05) is 47.9 Å². The lowest BCUT2D eigenvalue weighted by Gasteiger charge is -2.40. The molecule has 2 aromatic rings. The average molecular weight is 415 g/mol. The van der Waals surface area contributed by atoms with Gasteiger partial charge < -0.3 is 19.3 Å². The summed E-state index contributed by atoms with van der Waals surface area (Å²) in [5, 5.41) is 6.72. The maximum Gasteiger partial charge on any atom is 0.257 e. The van der Waals surface area contributed by atoms with Gasteiger partial charge in [0.2, 0.25) is 5.91 Å². The van der Waals surface area contributed by atoms with Crippen LogP contribution in [0.4, 0.5) is 0 Å². The molecule has 1 aliphatic heterocycles. The number of H-pyrrole nitrogens is 1. The van der Waals surface area contributed by atoms with Crippen LogP contribution in [0.25, 0.3) is 0 Å². The first-order chi connectivity index (χ1) is 14.3. The Balaban J connectivity index is 1.69. The van der Waals surface area contributed by atoms with E-state index in [1.807, 2.05) is 37.1 Å². The number of aryl methyl sites for hydroxylation is 1. The second kappa shape index (κ2) is 9.17. The third kappa shape index (κ3) is 4.40. The number of benzene rings is 1. The molecule has 1 aromatic heterocycles. The second-order valence-corrected chi connectivity index (χ2v) is 7.54. The molecule has 2 amide bonds. The minimum absolute atomic E-state index is 0.0336. The molecule has 0 radical (unpaired) electrons. The van der Waals surface area contributed by atoms with Crippen molar-refractivity contribution in [3.8, 4) is 11.5 Å². The Kier molecular flexibility index (Phi) is 6.61. The number of methoxy groups -OCH3 is 2. The summed E-state index contributed by atoms with van der Waals surface area (Å²) in [6, 6.07) is 5.20. The first kappa shape index (κ1) is 21.6. The number of hydrogen-bond donors (Lipinski definition) is 1. The molecule has 1 unspecified atom stereocenters. The van der Waals surface area contributed by atoms with Gasteiger partial charge in [-0.15, -0.1) is 0 Å². The van der Waals surface area contributed by atoms with Gasteiger partial charge in [-0.1, -0.05) is 6.07 Å². The highest BCUT2D eigenvalue weighted by Crippen LogP contribution is 2.28. The predicted octanol–water partition coefficient (Wildman–Crippen LogP) is 1.15. The van der Waals surface area contributed by atoms with Crippen molar-refractivity contribution in [1.29, 1.82) is 0 Å². The minimum atomic E-state index is -0.403. The van der Waals surface area contributed by atoms with Gasteiger partial charge in [-0.2, -0.15) is 5.10 Å². The Bertz CT molecular complexity index is 913. The smallest absolute Gasteiger partial charge is 0.257 e. The molecule has 1 fully saturated rings. The average Bonchev–Trinajstić information content (AvgIpc) is 3.18. The molecule has 3 rings (SSSR count). The summed E-state index contributed by atoms with van der Waals surface area (Å²) in [4.78, 5) is 31.4. The third-order valence-corrected chi connectivity index (χ3v) is 5.52. The van der Waals surface area contributed by atoms with E-state index in [1.54, 1.807) is 31.1 Å². The number of carbonyl (C=O) groups excluding carboxylic acids is 2. The molecule has 0 bridgehead atoms. The number of aromatic nitrogens is 2. The molecule has 1 saturated heterocycles. The minimum Gasteiger partial charge on any atom is -0.493 e. The van der Waals surface area contributed by atoms with Crippen LogP contribution in [0.3, 0.4) is 0 Å². The highest BCUT2D eigenvalue weighted by Gasteiger charge is 2.34. The van der Waals surface area contributed by atoms with Crippen LogP contribution in [-0.2, 0) is 11.3 Å². The van der Waals surface area contributed by atoms with Crippen molar-refractivity contribution >= 4 is 11.8 Å². The predicted molar refractivity (Wildman–Crippen MR) is 112 cm³/mol. The van der Waals surface area contributed by atoms with Gasteiger partial charge in [-0.25, -0.2) is 0 Å². The van der Waals surface area contributed by atoms with Gasteiger partial charge >= 0.3 is 0 Å². The SMILES string of the molecule is COc1ccc(CN(C)C(=O)C2CN(C(=O)c3cn[nH]c3C)CCN2C)cc1OC. The fraction of sp³-hybridized carbons (Fsp3) is 0.476. The van der Waals surface area contributed by atoms with Gasteiger partial charge in [0.1, 0.15) is 6.04 Å². The van der Waals surface area contributed by atoms with E-state index in [4.69, 9.17) is 9.47 Å². The number of ether oxygens (including phenoxy) is 2. The second-order valence-electron chi connectivity index (χ2n) is 7.54. The zero-order chi connectivity index (χ0) is 21.8. The maximum atomic E-state index is 13.2. The highest BCUT2D eigenvalue weighted by atomic mass is 16.5. The van der Waals surface area contributed by atoms with Crippen molar-refractivity contribution in [3.63, 3.8) is 0 Å². The van der Waals surface area contributed by atoms with Gasteiger partial charge in [0.25, 0.3) is 5.91 Å². The van der Waals surface area contributed by atoms with Crippen LogP contribution in [0.5, 0.6) is 11.5 Å². The quantitative estimate of drug-likeness (QED) is 0.761. The number of amides is 2. The van der Waals surface area contributed by atoms with E-state index < -0.39 is 6.04 Å². The van der Waals surface area contributed by atoms with E-state index in [9.17, 15) is 9.59 Å². The van der Waals surface area contributed by atoms with E-state index in [0.717, 1.165) is 11.3 Å². The zero-order valence-corrected chi connectivity index (χ0v) is 18.1. The number of carbonyl (C=O) groups is 2. The monoisotopic (exact) mass is 415 g/mol. The van der Waals surface area contributed by atoms with Gasteiger partial charge in [0.15, 0.2) is 11.5 Å². The molecule has 0 saturated carbocycles. The summed E-state index contributed by atoms with van der Waals surface area (Å²) in [5.74, 6) is 1.13.